The molecular weight excluding hydrogens is 344 g/mol. The quantitative estimate of drug-likeness (QED) is 0.667. The van der Waals surface area contributed by atoms with Gasteiger partial charge in [-0.25, -0.2) is 9.97 Å². The van der Waals surface area contributed by atoms with Crippen molar-refractivity contribution in [2.45, 2.75) is 20.8 Å². The van der Waals surface area contributed by atoms with E-state index in [9.17, 15) is 4.79 Å². The van der Waals surface area contributed by atoms with Crippen molar-refractivity contribution in [3.05, 3.63) is 59.1 Å². The number of hydrogen-bond acceptors (Lipinski definition) is 5. The highest BCUT2D eigenvalue weighted by Crippen LogP contribution is 2.28. The van der Waals surface area contributed by atoms with E-state index in [-0.39, 0.29) is 5.91 Å². The number of pyridine rings is 2. The van der Waals surface area contributed by atoms with Gasteiger partial charge < -0.3 is 10.6 Å². The van der Waals surface area contributed by atoms with Crippen LogP contribution in [0, 0.1) is 12.8 Å². The minimum atomic E-state index is -0.0341. The Kier molecular flexibility index (Phi) is 5.63. The highest BCUT2D eigenvalue weighted by atomic mass is 32.1. The van der Waals surface area contributed by atoms with E-state index in [4.69, 9.17) is 0 Å². The van der Waals surface area contributed by atoms with Crippen LogP contribution < -0.4 is 10.6 Å². The smallest absolute Gasteiger partial charge is 0.261 e. The molecule has 0 saturated carbocycles. The summed E-state index contributed by atoms with van der Waals surface area (Å²) >= 11 is 1.45. The average molecular weight is 366 g/mol. The largest absolute Gasteiger partial charge is 0.351 e. The highest BCUT2D eigenvalue weighted by molar-refractivity contribution is 7.17. The Morgan fingerprint density at radius 2 is 2.00 bits per heavy atom. The normalized spacial score (nSPS) is 10.8. The zero-order valence-electron chi connectivity index (χ0n) is 15.1. The molecule has 0 aliphatic heterocycles. The molecule has 3 heterocycles. The Morgan fingerprint density at radius 3 is 2.77 bits per heavy atom. The van der Waals surface area contributed by atoms with E-state index in [1.54, 1.807) is 6.20 Å². The summed E-state index contributed by atoms with van der Waals surface area (Å²) in [6, 6.07) is 13.5. The third kappa shape index (κ3) is 4.67. The van der Waals surface area contributed by atoms with Crippen LogP contribution in [0.25, 0.3) is 10.6 Å². The molecule has 26 heavy (non-hydrogen) atoms. The van der Waals surface area contributed by atoms with E-state index < -0.39 is 0 Å². The second kappa shape index (κ2) is 8.10. The highest BCUT2D eigenvalue weighted by Gasteiger charge is 2.11. The molecule has 0 atom stereocenters. The third-order valence-electron chi connectivity index (χ3n) is 3.67. The zero-order valence-corrected chi connectivity index (χ0v) is 15.9. The average Bonchev–Trinajstić information content (AvgIpc) is 3.10. The van der Waals surface area contributed by atoms with Gasteiger partial charge in [-0.15, -0.1) is 11.3 Å². The minimum Gasteiger partial charge on any atom is -0.351 e. The molecule has 5 nitrogen and oxygen atoms in total. The van der Waals surface area contributed by atoms with Crippen molar-refractivity contribution in [3.63, 3.8) is 0 Å². The molecule has 0 saturated heterocycles. The SMILES string of the molecule is Cc1ccnc(Nc2cccc(-c3ccc(C(=O)NCC(C)C)s3)n2)c1. The molecule has 0 unspecified atom stereocenters. The van der Waals surface area contributed by atoms with Crippen LogP contribution in [0.5, 0.6) is 0 Å². The molecule has 6 heteroatoms. The van der Waals surface area contributed by atoms with Gasteiger partial charge in [-0.2, -0.15) is 0 Å². The van der Waals surface area contributed by atoms with E-state index in [1.807, 2.05) is 49.4 Å². The Balaban J connectivity index is 1.75. The summed E-state index contributed by atoms with van der Waals surface area (Å²) in [5.41, 5.74) is 1.96. The number of thiophene rings is 1. The maximum atomic E-state index is 12.2. The standard InChI is InChI=1S/C20H22N4OS/c1-13(2)12-22-20(25)17-8-7-16(26-17)15-5-4-6-18(23-15)24-19-11-14(3)9-10-21-19/h4-11,13H,12H2,1-3H3,(H,22,25)(H,21,23,24). The number of carbonyl (C=O) groups excluding carboxylic acids is 1. The predicted molar refractivity (Wildman–Crippen MR) is 107 cm³/mol. The molecule has 0 spiro atoms. The molecule has 3 aromatic heterocycles. The second-order valence-electron chi connectivity index (χ2n) is 6.52. The Hall–Kier alpha value is -2.73. The van der Waals surface area contributed by atoms with Crippen molar-refractivity contribution in [1.29, 1.82) is 0 Å². The van der Waals surface area contributed by atoms with Crippen molar-refractivity contribution < 1.29 is 4.79 Å². The van der Waals surface area contributed by atoms with Crippen molar-refractivity contribution in [2.24, 2.45) is 5.92 Å². The Bertz CT molecular complexity index is 904. The molecule has 134 valence electrons. The van der Waals surface area contributed by atoms with Gasteiger partial charge in [0.15, 0.2) is 0 Å². The lowest BCUT2D eigenvalue weighted by Crippen LogP contribution is -2.26. The first-order valence-electron chi connectivity index (χ1n) is 8.56. The van der Waals surface area contributed by atoms with E-state index in [0.29, 0.717) is 17.3 Å². The van der Waals surface area contributed by atoms with Crippen LogP contribution in [0.2, 0.25) is 0 Å². The van der Waals surface area contributed by atoms with Gasteiger partial charge in [-0.05, 0) is 54.8 Å². The van der Waals surface area contributed by atoms with Crippen LogP contribution in [0.4, 0.5) is 11.6 Å². The fraction of sp³-hybridized carbons (Fsp3) is 0.250. The van der Waals surface area contributed by atoms with Crippen LogP contribution in [-0.2, 0) is 0 Å². The minimum absolute atomic E-state index is 0.0341. The maximum Gasteiger partial charge on any atom is 0.261 e. The lowest BCUT2D eigenvalue weighted by atomic mass is 10.2. The van der Waals surface area contributed by atoms with Gasteiger partial charge >= 0.3 is 0 Å². The van der Waals surface area contributed by atoms with Gasteiger partial charge in [0.05, 0.1) is 15.4 Å². The van der Waals surface area contributed by atoms with Crippen molar-refractivity contribution in [3.8, 4) is 10.6 Å². The number of anilines is 2. The van der Waals surface area contributed by atoms with Gasteiger partial charge in [-0.3, -0.25) is 4.79 Å². The van der Waals surface area contributed by atoms with Crippen molar-refractivity contribution >= 4 is 28.9 Å². The molecular formula is C20H22N4OS. The number of rotatable bonds is 6. The van der Waals surface area contributed by atoms with Gasteiger partial charge in [0, 0.05) is 12.7 Å². The predicted octanol–water partition coefficient (Wildman–Crippen LogP) is 4.64. The fourth-order valence-corrected chi connectivity index (χ4v) is 3.25. The van der Waals surface area contributed by atoms with E-state index in [1.165, 1.54) is 11.3 Å². The zero-order chi connectivity index (χ0) is 18.5. The van der Waals surface area contributed by atoms with Gasteiger partial charge in [-0.1, -0.05) is 19.9 Å². The molecule has 1 amide bonds. The van der Waals surface area contributed by atoms with E-state index >= 15 is 0 Å². The summed E-state index contributed by atoms with van der Waals surface area (Å²) in [6.07, 6.45) is 1.77. The maximum absolute atomic E-state index is 12.2. The number of hydrogen-bond donors (Lipinski definition) is 2. The van der Waals surface area contributed by atoms with Crippen LogP contribution >= 0.6 is 11.3 Å². The van der Waals surface area contributed by atoms with E-state index in [0.717, 1.165) is 27.8 Å². The Morgan fingerprint density at radius 1 is 1.15 bits per heavy atom. The molecule has 0 fully saturated rings. The van der Waals surface area contributed by atoms with Crippen LogP contribution in [0.1, 0.15) is 29.1 Å². The topological polar surface area (TPSA) is 66.9 Å². The number of amides is 1. The first kappa shape index (κ1) is 18.1. The monoisotopic (exact) mass is 366 g/mol. The lowest BCUT2D eigenvalue weighted by Gasteiger charge is -2.07. The molecule has 0 aliphatic rings. The number of nitrogens with one attached hydrogen (secondary N) is 2. The molecule has 3 rings (SSSR count). The second-order valence-corrected chi connectivity index (χ2v) is 7.60. The molecule has 0 bridgehead atoms. The van der Waals surface area contributed by atoms with Crippen LogP contribution in [0.15, 0.2) is 48.7 Å². The Labute approximate surface area is 157 Å². The van der Waals surface area contributed by atoms with Gasteiger partial charge in [0.2, 0.25) is 0 Å². The summed E-state index contributed by atoms with van der Waals surface area (Å²) in [6.45, 7) is 6.85. The number of aryl methyl sites for hydroxylation is 1. The van der Waals surface area contributed by atoms with Crippen molar-refractivity contribution in [2.75, 3.05) is 11.9 Å². The number of aromatic nitrogens is 2. The summed E-state index contributed by atoms with van der Waals surface area (Å²) in [7, 11) is 0. The number of nitrogens with zero attached hydrogens (tertiary/aromatic N) is 2. The molecule has 0 aliphatic carbocycles. The molecule has 3 aromatic rings. The fourth-order valence-electron chi connectivity index (χ4n) is 2.36. The van der Waals surface area contributed by atoms with E-state index in [2.05, 4.69) is 34.4 Å². The van der Waals surface area contributed by atoms with Crippen LogP contribution in [-0.4, -0.2) is 22.4 Å². The molecule has 0 radical (unpaired) electrons. The lowest BCUT2D eigenvalue weighted by molar-refractivity contribution is 0.0953. The van der Waals surface area contributed by atoms with Crippen LogP contribution in [0.3, 0.4) is 0 Å². The first-order chi connectivity index (χ1) is 12.5. The van der Waals surface area contributed by atoms with Gasteiger partial charge in [0.25, 0.3) is 5.91 Å². The third-order valence-corrected chi connectivity index (χ3v) is 4.78. The summed E-state index contributed by atoms with van der Waals surface area (Å²) < 4.78 is 0. The first-order valence-corrected chi connectivity index (χ1v) is 9.38. The summed E-state index contributed by atoms with van der Waals surface area (Å²) in [4.78, 5) is 22.8. The molecule has 0 aromatic carbocycles. The summed E-state index contributed by atoms with van der Waals surface area (Å²) in [5.74, 6) is 1.88. The summed E-state index contributed by atoms with van der Waals surface area (Å²) in [5, 5.41) is 6.16. The number of carbonyl (C=O) groups is 1. The van der Waals surface area contributed by atoms with Gasteiger partial charge in [0.1, 0.15) is 11.6 Å². The molecule has 2 N–H and O–H groups in total. The van der Waals surface area contributed by atoms with Crippen molar-refractivity contribution in [1.82, 2.24) is 15.3 Å².